The third kappa shape index (κ3) is 6.84. The molecular formula is C25H25FN2O4. The van der Waals surface area contributed by atoms with Gasteiger partial charge in [0.2, 0.25) is 5.91 Å². The number of rotatable bonds is 11. The quantitative estimate of drug-likeness (QED) is 0.426. The molecule has 1 aromatic heterocycles. The van der Waals surface area contributed by atoms with Gasteiger partial charge in [0.05, 0.1) is 12.8 Å². The lowest BCUT2D eigenvalue weighted by molar-refractivity contribution is -0.142. The zero-order valence-corrected chi connectivity index (χ0v) is 17.7. The second-order valence-electron chi connectivity index (χ2n) is 7.12. The molecule has 0 aliphatic heterocycles. The van der Waals surface area contributed by atoms with Crippen molar-refractivity contribution in [2.45, 2.75) is 13.1 Å². The van der Waals surface area contributed by atoms with Crippen LogP contribution in [0.15, 0.2) is 90.1 Å². The van der Waals surface area contributed by atoms with E-state index in [2.05, 4.69) is 6.58 Å². The first kappa shape index (κ1) is 22.8. The molecule has 0 spiro atoms. The van der Waals surface area contributed by atoms with Gasteiger partial charge >= 0.3 is 0 Å². The summed E-state index contributed by atoms with van der Waals surface area (Å²) >= 11 is 0. The SMILES string of the molecule is C=CCN(CC(=O)N(Cc1ccc(F)cc1)Cc1ccco1)C(=O)COc1ccccc1. The van der Waals surface area contributed by atoms with Crippen LogP contribution >= 0.6 is 0 Å². The van der Waals surface area contributed by atoms with Crippen molar-refractivity contribution < 1.29 is 23.1 Å². The number of benzene rings is 2. The molecule has 2 aromatic carbocycles. The number of amides is 2. The van der Waals surface area contributed by atoms with Crippen LogP contribution in [0, 0.1) is 5.82 Å². The molecule has 166 valence electrons. The van der Waals surface area contributed by atoms with Crippen LogP contribution in [-0.2, 0) is 22.7 Å². The fourth-order valence-corrected chi connectivity index (χ4v) is 3.06. The van der Waals surface area contributed by atoms with Gasteiger partial charge in [-0.2, -0.15) is 0 Å². The molecule has 0 fully saturated rings. The van der Waals surface area contributed by atoms with Crippen molar-refractivity contribution >= 4 is 11.8 Å². The Hall–Kier alpha value is -3.87. The molecule has 32 heavy (non-hydrogen) atoms. The van der Waals surface area contributed by atoms with Crippen LogP contribution in [0.3, 0.4) is 0 Å². The third-order valence-corrected chi connectivity index (χ3v) is 4.70. The van der Waals surface area contributed by atoms with Crippen molar-refractivity contribution in [1.29, 1.82) is 0 Å². The first-order valence-corrected chi connectivity index (χ1v) is 10.2. The molecule has 0 atom stereocenters. The molecule has 0 saturated heterocycles. The Bertz CT molecular complexity index is 1000. The first-order valence-electron chi connectivity index (χ1n) is 10.2. The van der Waals surface area contributed by atoms with Crippen LogP contribution in [0.4, 0.5) is 4.39 Å². The summed E-state index contributed by atoms with van der Waals surface area (Å²) in [6, 6.07) is 18.4. The van der Waals surface area contributed by atoms with E-state index in [1.165, 1.54) is 23.3 Å². The number of nitrogens with zero attached hydrogens (tertiary/aromatic N) is 2. The number of hydrogen-bond donors (Lipinski definition) is 0. The zero-order chi connectivity index (χ0) is 22.8. The van der Waals surface area contributed by atoms with Crippen LogP contribution < -0.4 is 4.74 Å². The molecule has 0 saturated carbocycles. The number of halogens is 1. The Morgan fingerprint density at radius 2 is 1.69 bits per heavy atom. The second-order valence-corrected chi connectivity index (χ2v) is 7.12. The van der Waals surface area contributed by atoms with E-state index in [0.29, 0.717) is 11.5 Å². The lowest BCUT2D eigenvalue weighted by Crippen LogP contribution is -2.44. The molecule has 0 bridgehead atoms. The number of carbonyl (C=O) groups excluding carboxylic acids is 2. The van der Waals surface area contributed by atoms with Gasteiger partial charge in [0.1, 0.15) is 23.9 Å². The summed E-state index contributed by atoms with van der Waals surface area (Å²) in [5.74, 6) is 0.220. The maximum Gasteiger partial charge on any atom is 0.261 e. The predicted molar refractivity (Wildman–Crippen MR) is 118 cm³/mol. The van der Waals surface area contributed by atoms with Gasteiger partial charge in [0.15, 0.2) is 6.61 Å². The van der Waals surface area contributed by atoms with Crippen LogP contribution in [-0.4, -0.2) is 41.3 Å². The topological polar surface area (TPSA) is 63.0 Å². The summed E-state index contributed by atoms with van der Waals surface area (Å²) in [5, 5.41) is 0. The van der Waals surface area contributed by atoms with Gasteiger partial charge in [-0.3, -0.25) is 9.59 Å². The summed E-state index contributed by atoms with van der Waals surface area (Å²) in [6.45, 7) is 4.01. The normalized spacial score (nSPS) is 10.4. The lowest BCUT2D eigenvalue weighted by atomic mass is 10.2. The number of carbonyl (C=O) groups is 2. The van der Waals surface area contributed by atoms with E-state index in [-0.39, 0.29) is 50.4 Å². The van der Waals surface area contributed by atoms with Crippen LogP contribution in [0.1, 0.15) is 11.3 Å². The number of hydrogen-bond acceptors (Lipinski definition) is 4. The van der Waals surface area contributed by atoms with Crippen molar-refractivity contribution in [3.8, 4) is 5.75 Å². The molecule has 6 nitrogen and oxygen atoms in total. The molecular weight excluding hydrogens is 411 g/mol. The molecule has 0 unspecified atom stereocenters. The van der Waals surface area contributed by atoms with Gasteiger partial charge in [0, 0.05) is 13.1 Å². The summed E-state index contributed by atoms with van der Waals surface area (Å²) in [7, 11) is 0. The lowest BCUT2D eigenvalue weighted by Gasteiger charge is -2.27. The Labute approximate surface area is 186 Å². The van der Waals surface area contributed by atoms with Gasteiger partial charge in [0.25, 0.3) is 5.91 Å². The Morgan fingerprint density at radius 1 is 0.938 bits per heavy atom. The molecule has 3 aromatic rings. The molecule has 2 amide bonds. The second kappa shape index (κ2) is 11.5. The first-order chi connectivity index (χ1) is 15.5. The van der Waals surface area contributed by atoms with Crippen molar-refractivity contribution in [3.63, 3.8) is 0 Å². The fourth-order valence-electron chi connectivity index (χ4n) is 3.06. The van der Waals surface area contributed by atoms with E-state index >= 15 is 0 Å². The van der Waals surface area contributed by atoms with Gasteiger partial charge < -0.3 is 19.0 Å². The van der Waals surface area contributed by atoms with Crippen LogP contribution in [0.25, 0.3) is 0 Å². The molecule has 0 aliphatic carbocycles. The molecule has 0 aliphatic rings. The van der Waals surface area contributed by atoms with Crippen molar-refractivity contribution in [3.05, 3.63) is 103 Å². The van der Waals surface area contributed by atoms with Crippen LogP contribution in [0.2, 0.25) is 0 Å². The maximum atomic E-state index is 13.3. The fraction of sp³-hybridized carbons (Fsp3) is 0.200. The Morgan fingerprint density at radius 3 is 2.34 bits per heavy atom. The van der Waals surface area contributed by atoms with E-state index in [1.807, 2.05) is 18.2 Å². The van der Waals surface area contributed by atoms with Gasteiger partial charge in [-0.15, -0.1) is 6.58 Å². The standard InChI is InChI=1S/C25H25FN2O4/c1-2-14-27(25(30)19-32-22-7-4-3-5-8-22)18-24(29)28(17-23-9-6-15-31-23)16-20-10-12-21(26)13-11-20/h2-13,15H,1,14,16-19H2. The van der Waals surface area contributed by atoms with Crippen molar-refractivity contribution in [2.75, 3.05) is 19.7 Å². The molecule has 1 heterocycles. The van der Waals surface area contributed by atoms with E-state index in [0.717, 1.165) is 5.56 Å². The third-order valence-electron chi connectivity index (χ3n) is 4.70. The van der Waals surface area contributed by atoms with Gasteiger partial charge in [-0.1, -0.05) is 36.4 Å². The average Bonchev–Trinajstić information content (AvgIpc) is 3.32. The molecule has 3 rings (SSSR count). The number of ether oxygens (including phenoxy) is 1. The molecule has 7 heteroatoms. The molecule has 0 N–H and O–H groups in total. The van der Waals surface area contributed by atoms with Crippen molar-refractivity contribution in [1.82, 2.24) is 9.80 Å². The highest BCUT2D eigenvalue weighted by Crippen LogP contribution is 2.13. The highest BCUT2D eigenvalue weighted by molar-refractivity contribution is 5.85. The predicted octanol–water partition coefficient (Wildman–Crippen LogP) is 4.04. The minimum absolute atomic E-state index is 0.148. The van der Waals surface area contributed by atoms with E-state index in [1.54, 1.807) is 47.4 Å². The van der Waals surface area contributed by atoms with E-state index in [4.69, 9.17) is 9.15 Å². The summed E-state index contributed by atoms with van der Waals surface area (Å²) in [6.07, 6.45) is 3.09. The average molecular weight is 436 g/mol. The summed E-state index contributed by atoms with van der Waals surface area (Å²) < 4.78 is 24.2. The van der Waals surface area contributed by atoms with Gasteiger partial charge in [-0.25, -0.2) is 4.39 Å². The Kier molecular flexibility index (Phi) is 8.20. The zero-order valence-electron chi connectivity index (χ0n) is 17.7. The minimum Gasteiger partial charge on any atom is -0.484 e. The van der Waals surface area contributed by atoms with E-state index < -0.39 is 0 Å². The monoisotopic (exact) mass is 436 g/mol. The summed E-state index contributed by atoms with van der Waals surface area (Å²) in [5.41, 5.74) is 0.764. The minimum atomic E-state index is -0.348. The number of para-hydroxylation sites is 1. The molecule has 0 radical (unpaired) electrons. The number of furan rings is 1. The largest absolute Gasteiger partial charge is 0.484 e. The Balaban J connectivity index is 1.68. The van der Waals surface area contributed by atoms with Gasteiger partial charge in [-0.05, 0) is 42.0 Å². The summed E-state index contributed by atoms with van der Waals surface area (Å²) in [4.78, 5) is 28.8. The van der Waals surface area contributed by atoms with E-state index in [9.17, 15) is 14.0 Å². The maximum absolute atomic E-state index is 13.3. The van der Waals surface area contributed by atoms with Crippen molar-refractivity contribution in [2.24, 2.45) is 0 Å². The smallest absolute Gasteiger partial charge is 0.261 e. The highest BCUT2D eigenvalue weighted by atomic mass is 19.1. The highest BCUT2D eigenvalue weighted by Gasteiger charge is 2.22. The van der Waals surface area contributed by atoms with Crippen LogP contribution in [0.5, 0.6) is 5.75 Å².